The summed E-state index contributed by atoms with van der Waals surface area (Å²) >= 11 is 3.35. The number of hydrogen-bond donors (Lipinski definition) is 0. The van der Waals surface area contributed by atoms with Crippen LogP contribution in [0, 0.1) is 5.92 Å². The predicted octanol–water partition coefficient (Wildman–Crippen LogP) is 2.90. The van der Waals surface area contributed by atoms with E-state index in [9.17, 15) is 9.59 Å². The van der Waals surface area contributed by atoms with Crippen molar-refractivity contribution in [3.05, 3.63) is 39.9 Å². The second-order valence-electron chi connectivity index (χ2n) is 4.77. The molecule has 0 N–H and O–H groups in total. The molecule has 1 aliphatic carbocycles. The van der Waals surface area contributed by atoms with Gasteiger partial charge in [-0.3, -0.25) is 4.79 Å². The number of carbonyl (C=O) groups is 2. The van der Waals surface area contributed by atoms with Gasteiger partial charge in [-0.1, -0.05) is 22.0 Å². The summed E-state index contributed by atoms with van der Waals surface area (Å²) in [6, 6.07) is 5.32. The number of ether oxygens (including phenoxy) is 2. The van der Waals surface area contributed by atoms with Crippen molar-refractivity contribution in [2.45, 2.75) is 19.4 Å². The van der Waals surface area contributed by atoms with Crippen LogP contribution in [0.2, 0.25) is 0 Å². The van der Waals surface area contributed by atoms with E-state index in [-0.39, 0.29) is 11.7 Å². The highest BCUT2D eigenvalue weighted by molar-refractivity contribution is 9.10. The molecule has 2 atom stereocenters. The summed E-state index contributed by atoms with van der Waals surface area (Å²) in [5.41, 5.74) is 1.03. The number of Topliss-reactive ketones (excluding diaryl/α,β-unsaturated/α-hetero) is 1. The van der Waals surface area contributed by atoms with E-state index in [0.29, 0.717) is 29.9 Å². The molecule has 0 aromatic heterocycles. The zero-order valence-electron chi connectivity index (χ0n) is 10.9. The largest absolute Gasteiger partial charge is 0.484 e. The second-order valence-corrected chi connectivity index (χ2v) is 5.68. The van der Waals surface area contributed by atoms with E-state index in [1.807, 2.05) is 6.07 Å². The molecule has 0 spiro atoms. The zero-order chi connectivity index (χ0) is 14.3. The molecule has 0 saturated carbocycles. The van der Waals surface area contributed by atoms with E-state index in [1.165, 1.54) is 0 Å². The molecule has 1 aromatic carbocycles. The van der Waals surface area contributed by atoms with Crippen molar-refractivity contribution in [1.29, 1.82) is 0 Å². The van der Waals surface area contributed by atoms with Gasteiger partial charge in [0.05, 0.1) is 23.7 Å². The first-order valence-corrected chi connectivity index (χ1v) is 7.28. The third-order valence-electron chi connectivity index (χ3n) is 3.57. The van der Waals surface area contributed by atoms with Gasteiger partial charge in [0.15, 0.2) is 5.78 Å². The van der Waals surface area contributed by atoms with Crippen molar-refractivity contribution < 1.29 is 19.1 Å². The van der Waals surface area contributed by atoms with E-state index >= 15 is 0 Å². The molecule has 20 heavy (non-hydrogen) atoms. The smallest absolute Gasteiger partial charge is 0.337 e. The Balaban J connectivity index is 1.93. The molecule has 4 nitrogen and oxygen atoms in total. The van der Waals surface area contributed by atoms with Crippen LogP contribution in [-0.2, 0) is 9.53 Å². The molecule has 0 amide bonds. The Morgan fingerprint density at radius 3 is 3.05 bits per heavy atom. The highest BCUT2D eigenvalue weighted by atomic mass is 79.9. The lowest BCUT2D eigenvalue weighted by molar-refractivity contribution is -0.139. The Kier molecular flexibility index (Phi) is 3.38. The maximum atomic E-state index is 12.5. The van der Waals surface area contributed by atoms with Gasteiger partial charge in [0.2, 0.25) is 0 Å². The van der Waals surface area contributed by atoms with E-state index in [0.717, 1.165) is 4.47 Å². The molecule has 5 heteroatoms. The van der Waals surface area contributed by atoms with Crippen LogP contribution in [0.3, 0.4) is 0 Å². The van der Waals surface area contributed by atoms with Gasteiger partial charge in [-0.25, -0.2) is 4.79 Å². The van der Waals surface area contributed by atoms with Gasteiger partial charge in [0.25, 0.3) is 0 Å². The number of fused-ring (bicyclic) bond motifs is 2. The minimum atomic E-state index is -0.518. The third kappa shape index (κ3) is 2.06. The van der Waals surface area contributed by atoms with Crippen LogP contribution in [-0.4, -0.2) is 24.5 Å². The fourth-order valence-corrected chi connectivity index (χ4v) is 3.01. The van der Waals surface area contributed by atoms with Gasteiger partial charge in [0, 0.05) is 4.47 Å². The molecule has 0 radical (unpaired) electrons. The Hall–Kier alpha value is -1.62. The van der Waals surface area contributed by atoms with Gasteiger partial charge in [0.1, 0.15) is 11.9 Å². The molecule has 2 aliphatic rings. The summed E-state index contributed by atoms with van der Waals surface area (Å²) in [6.07, 6.45) is 1.76. The van der Waals surface area contributed by atoms with Crippen molar-refractivity contribution in [2.24, 2.45) is 5.92 Å². The highest BCUT2D eigenvalue weighted by Gasteiger charge is 2.44. The molecule has 1 heterocycles. The number of esters is 1. The van der Waals surface area contributed by atoms with Crippen molar-refractivity contribution in [2.75, 3.05) is 6.61 Å². The molecule has 1 aromatic rings. The first-order valence-electron chi connectivity index (χ1n) is 6.49. The molecule has 3 rings (SSSR count). The molecule has 0 bridgehead atoms. The number of rotatable bonds is 2. The third-order valence-corrected chi connectivity index (χ3v) is 4.07. The SMILES string of the molecule is CCOC(=O)C1=CC[C@H]2C(=O)c3cc(Br)ccc3O[C@H]12. The van der Waals surface area contributed by atoms with Crippen LogP contribution >= 0.6 is 15.9 Å². The minimum Gasteiger partial charge on any atom is -0.484 e. The van der Waals surface area contributed by atoms with Gasteiger partial charge < -0.3 is 9.47 Å². The lowest BCUT2D eigenvalue weighted by Crippen LogP contribution is -2.37. The number of halogens is 1. The summed E-state index contributed by atoms with van der Waals surface area (Å²) in [4.78, 5) is 24.4. The Labute approximate surface area is 124 Å². The van der Waals surface area contributed by atoms with Gasteiger partial charge in [-0.15, -0.1) is 0 Å². The van der Waals surface area contributed by atoms with Crippen molar-refractivity contribution in [1.82, 2.24) is 0 Å². The van der Waals surface area contributed by atoms with E-state index in [1.54, 1.807) is 25.1 Å². The molecule has 0 fully saturated rings. The maximum Gasteiger partial charge on any atom is 0.337 e. The Bertz CT molecular complexity index is 620. The van der Waals surface area contributed by atoms with Crippen LogP contribution in [0.1, 0.15) is 23.7 Å². The standard InChI is InChI=1S/C15H13BrO4/c1-2-19-15(18)10-5-4-9-13(17)11-7-8(16)3-6-12(11)20-14(9)10/h3,5-7,9,14H,2,4H2,1H3/t9-,14-/m0/s1. The van der Waals surface area contributed by atoms with Crippen LogP contribution in [0.15, 0.2) is 34.3 Å². The van der Waals surface area contributed by atoms with Gasteiger partial charge in [-0.05, 0) is 31.5 Å². The maximum absolute atomic E-state index is 12.5. The topological polar surface area (TPSA) is 52.6 Å². The molecule has 1 aliphatic heterocycles. The zero-order valence-corrected chi connectivity index (χ0v) is 12.5. The second kappa shape index (κ2) is 5.05. The first kappa shape index (κ1) is 13.4. The lowest BCUT2D eigenvalue weighted by Gasteiger charge is -2.29. The molecule has 104 valence electrons. The molecular formula is C15H13BrO4. The normalized spacial score (nSPS) is 23.5. The van der Waals surface area contributed by atoms with Crippen molar-refractivity contribution >= 4 is 27.7 Å². The van der Waals surface area contributed by atoms with Crippen LogP contribution in [0.5, 0.6) is 5.75 Å². The quantitative estimate of drug-likeness (QED) is 0.779. The summed E-state index contributed by atoms with van der Waals surface area (Å²) < 4.78 is 11.7. The van der Waals surface area contributed by atoms with E-state index < -0.39 is 12.1 Å². The lowest BCUT2D eigenvalue weighted by atomic mass is 9.89. The summed E-state index contributed by atoms with van der Waals surface area (Å²) in [6.45, 7) is 2.07. The van der Waals surface area contributed by atoms with Crippen LogP contribution in [0.25, 0.3) is 0 Å². The predicted molar refractivity (Wildman–Crippen MR) is 75.7 cm³/mol. The Morgan fingerprint density at radius 2 is 2.30 bits per heavy atom. The summed E-state index contributed by atoms with van der Waals surface area (Å²) in [7, 11) is 0. The highest BCUT2D eigenvalue weighted by Crippen LogP contribution is 2.40. The monoisotopic (exact) mass is 336 g/mol. The molecule has 0 saturated heterocycles. The average Bonchev–Trinajstić information content (AvgIpc) is 2.84. The van der Waals surface area contributed by atoms with E-state index in [4.69, 9.17) is 9.47 Å². The number of hydrogen-bond acceptors (Lipinski definition) is 4. The summed E-state index contributed by atoms with van der Waals surface area (Å²) in [5, 5.41) is 0. The van der Waals surface area contributed by atoms with Crippen molar-refractivity contribution in [3.63, 3.8) is 0 Å². The number of allylic oxidation sites excluding steroid dienone is 1. The fraction of sp³-hybridized carbons (Fsp3) is 0.333. The minimum absolute atomic E-state index is 0.0214. The number of carbonyl (C=O) groups excluding carboxylic acids is 2. The summed E-state index contributed by atoms with van der Waals surface area (Å²) in [5.74, 6) is -0.172. The van der Waals surface area contributed by atoms with Crippen LogP contribution < -0.4 is 4.74 Å². The Morgan fingerprint density at radius 1 is 1.50 bits per heavy atom. The fourth-order valence-electron chi connectivity index (χ4n) is 2.65. The van der Waals surface area contributed by atoms with Gasteiger partial charge >= 0.3 is 5.97 Å². The van der Waals surface area contributed by atoms with Crippen molar-refractivity contribution in [3.8, 4) is 5.75 Å². The van der Waals surface area contributed by atoms with Crippen LogP contribution in [0.4, 0.5) is 0 Å². The number of ketones is 1. The first-order chi connectivity index (χ1) is 9.61. The van der Waals surface area contributed by atoms with E-state index in [2.05, 4.69) is 15.9 Å². The number of benzene rings is 1. The molecule has 0 unspecified atom stereocenters. The average molecular weight is 337 g/mol. The molecular weight excluding hydrogens is 324 g/mol. The van der Waals surface area contributed by atoms with Gasteiger partial charge in [-0.2, -0.15) is 0 Å².